The standard InChI is InChI=1S/C19H29NO2/c1-18-7-5-12(21)9-11(18)10-15(22)17-13-3-4-16(20)19(13,2)8-6-14(17)18/h5,7,11-13,15-16,21-22H,3-4,6,8-10,20H2,1-2H3/t11?,12?,13-,15?,16?,18-,19-/m0/s1. The summed E-state index contributed by atoms with van der Waals surface area (Å²) in [5.74, 6) is 0.819. The van der Waals surface area contributed by atoms with Gasteiger partial charge in [0.2, 0.25) is 0 Å². The van der Waals surface area contributed by atoms with Crippen LogP contribution in [0.5, 0.6) is 0 Å². The molecule has 0 spiro atoms. The first kappa shape index (κ1) is 14.9. The van der Waals surface area contributed by atoms with Crippen molar-refractivity contribution in [2.24, 2.45) is 28.4 Å². The van der Waals surface area contributed by atoms with Gasteiger partial charge in [-0.1, -0.05) is 31.6 Å². The molecule has 22 heavy (non-hydrogen) atoms. The summed E-state index contributed by atoms with van der Waals surface area (Å²) in [5, 5.41) is 20.9. The van der Waals surface area contributed by atoms with Gasteiger partial charge in [0.1, 0.15) is 0 Å². The molecule has 1 saturated carbocycles. The van der Waals surface area contributed by atoms with Gasteiger partial charge < -0.3 is 15.9 Å². The molecule has 7 atom stereocenters. The van der Waals surface area contributed by atoms with E-state index in [4.69, 9.17) is 5.73 Å². The highest BCUT2D eigenvalue weighted by Crippen LogP contribution is 2.62. The molecule has 0 aromatic rings. The first-order chi connectivity index (χ1) is 10.4. The van der Waals surface area contributed by atoms with Gasteiger partial charge in [-0.05, 0) is 61.3 Å². The van der Waals surface area contributed by atoms with Gasteiger partial charge in [0.05, 0.1) is 12.2 Å². The summed E-state index contributed by atoms with van der Waals surface area (Å²) in [5.41, 5.74) is 9.41. The molecule has 0 aromatic carbocycles. The molecule has 0 aromatic heterocycles. The molecule has 0 radical (unpaired) electrons. The number of hydrogen-bond donors (Lipinski definition) is 3. The van der Waals surface area contributed by atoms with Crippen molar-refractivity contribution in [1.29, 1.82) is 0 Å². The van der Waals surface area contributed by atoms with Crippen molar-refractivity contribution in [3.8, 4) is 0 Å². The zero-order valence-electron chi connectivity index (χ0n) is 13.8. The summed E-state index contributed by atoms with van der Waals surface area (Å²) in [7, 11) is 0. The maximum absolute atomic E-state index is 10.9. The second-order valence-electron chi connectivity index (χ2n) is 8.57. The number of nitrogens with two attached hydrogens (primary N) is 1. The SMILES string of the molecule is C[C@]12C=CC(O)CC1CC(O)C1=C2CC[C@]2(C)C(N)CC[C@@H]12. The van der Waals surface area contributed by atoms with Gasteiger partial charge in [-0.3, -0.25) is 0 Å². The number of allylic oxidation sites excluding steroid dienone is 2. The molecular weight excluding hydrogens is 274 g/mol. The second-order valence-corrected chi connectivity index (χ2v) is 8.57. The van der Waals surface area contributed by atoms with Crippen molar-refractivity contribution in [1.82, 2.24) is 0 Å². The normalized spacial score (nSPS) is 54.0. The van der Waals surface area contributed by atoms with Gasteiger partial charge in [0.15, 0.2) is 0 Å². The van der Waals surface area contributed by atoms with Crippen molar-refractivity contribution in [2.45, 2.75) is 70.6 Å². The topological polar surface area (TPSA) is 66.5 Å². The maximum atomic E-state index is 10.9. The number of rotatable bonds is 0. The lowest BCUT2D eigenvalue weighted by molar-refractivity contribution is 0.0457. The highest BCUT2D eigenvalue weighted by Gasteiger charge is 2.55. The average molecular weight is 303 g/mol. The maximum Gasteiger partial charge on any atom is 0.0759 e. The lowest BCUT2D eigenvalue weighted by Crippen LogP contribution is -2.49. The third-order valence-electron chi connectivity index (χ3n) is 7.60. The lowest BCUT2D eigenvalue weighted by atomic mass is 9.52. The molecule has 1 fully saturated rings. The van der Waals surface area contributed by atoms with Gasteiger partial charge in [0.25, 0.3) is 0 Å². The van der Waals surface area contributed by atoms with Crippen LogP contribution in [0.2, 0.25) is 0 Å². The van der Waals surface area contributed by atoms with Crippen molar-refractivity contribution >= 4 is 0 Å². The van der Waals surface area contributed by atoms with Crippen LogP contribution in [0.1, 0.15) is 52.4 Å². The Morgan fingerprint density at radius 2 is 1.95 bits per heavy atom. The molecule has 4 rings (SSSR count). The minimum absolute atomic E-state index is 0.0296. The van der Waals surface area contributed by atoms with Crippen LogP contribution in [0.3, 0.4) is 0 Å². The van der Waals surface area contributed by atoms with E-state index in [0.717, 1.165) is 38.5 Å². The molecule has 4 aliphatic carbocycles. The van der Waals surface area contributed by atoms with E-state index in [1.807, 2.05) is 6.08 Å². The van der Waals surface area contributed by atoms with Gasteiger partial charge >= 0.3 is 0 Å². The van der Waals surface area contributed by atoms with Crippen LogP contribution in [0.25, 0.3) is 0 Å². The van der Waals surface area contributed by atoms with E-state index < -0.39 is 0 Å². The Balaban J connectivity index is 1.83. The zero-order valence-corrected chi connectivity index (χ0v) is 13.8. The third kappa shape index (κ3) is 1.79. The molecule has 0 aliphatic heterocycles. The molecule has 4 N–H and O–H groups in total. The Labute approximate surface area is 133 Å². The number of aliphatic hydroxyl groups is 2. The highest BCUT2D eigenvalue weighted by atomic mass is 16.3. The van der Waals surface area contributed by atoms with Crippen molar-refractivity contribution in [3.05, 3.63) is 23.3 Å². The van der Waals surface area contributed by atoms with Crippen LogP contribution in [0.15, 0.2) is 23.3 Å². The Morgan fingerprint density at radius 1 is 1.18 bits per heavy atom. The minimum atomic E-state index is -0.346. The van der Waals surface area contributed by atoms with Crippen LogP contribution >= 0.6 is 0 Å². The number of hydrogen-bond acceptors (Lipinski definition) is 3. The van der Waals surface area contributed by atoms with Crippen LogP contribution in [-0.2, 0) is 0 Å². The van der Waals surface area contributed by atoms with E-state index in [0.29, 0.717) is 11.8 Å². The van der Waals surface area contributed by atoms with Gasteiger partial charge in [0, 0.05) is 11.5 Å². The summed E-state index contributed by atoms with van der Waals surface area (Å²) >= 11 is 0. The largest absolute Gasteiger partial charge is 0.389 e. The molecular formula is C19H29NO2. The summed E-state index contributed by atoms with van der Waals surface area (Å²) in [6, 6.07) is 0.271. The first-order valence-electron chi connectivity index (χ1n) is 8.91. The molecule has 3 nitrogen and oxygen atoms in total. The summed E-state index contributed by atoms with van der Waals surface area (Å²) in [4.78, 5) is 0. The quantitative estimate of drug-likeness (QED) is 0.602. The summed E-state index contributed by atoms with van der Waals surface area (Å²) in [6.07, 6.45) is 9.49. The van der Waals surface area contributed by atoms with Crippen LogP contribution < -0.4 is 5.73 Å². The molecule has 4 aliphatic rings. The molecule has 122 valence electrons. The van der Waals surface area contributed by atoms with Crippen molar-refractivity contribution in [3.63, 3.8) is 0 Å². The predicted molar refractivity (Wildman–Crippen MR) is 87.1 cm³/mol. The van der Waals surface area contributed by atoms with E-state index >= 15 is 0 Å². The smallest absolute Gasteiger partial charge is 0.0759 e. The van der Waals surface area contributed by atoms with Crippen LogP contribution in [0.4, 0.5) is 0 Å². The van der Waals surface area contributed by atoms with Gasteiger partial charge in [-0.2, -0.15) is 0 Å². The molecule has 0 bridgehead atoms. The highest BCUT2D eigenvalue weighted by molar-refractivity contribution is 5.40. The summed E-state index contributed by atoms with van der Waals surface area (Å²) < 4.78 is 0. The number of aliphatic hydroxyl groups excluding tert-OH is 2. The lowest BCUT2D eigenvalue weighted by Gasteiger charge is -2.53. The fraction of sp³-hybridized carbons (Fsp3) is 0.789. The van der Waals surface area contributed by atoms with E-state index in [-0.39, 0.29) is 29.1 Å². The third-order valence-corrected chi connectivity index (χ3v) is 7.60. The molecule has 4 unspecified atom stereocenters. The fourth-order valence-corrected chi connectivity index (χ4v) is 6.04. The average Bonchev–Trinajstić information content (AvgIpc) is 2.77. The zero-order chi connectivity index (χ0) is 15.7. The monoisotopic (exact) mass is 303 g/mol. The van der Waals surface area contributed by atoms with Gasteiger partial charge in [-0.25, -0.2) is 0 Å². The molecule has 0 saturated heterocycles. The number of fused-ring (bicyclic) bond motifs is 4. The molecule has 3 heteroatoms. The Morgan fingerprint density at radius 3 is 2.73 bits per heavy atom. The molecule has 0 heterocycles. The Kier molecular flexibility index (Phi) is 3.18. The summed E-state index contributed by atoms with van der Waals surface area (Å²) in [6.45, 7) is 4.65. The van der Waals surface area contributed by atoms with Crippen molar-refractivity contribution < 1.29 is 10.2 Å². The van der Waals surface area contributed by atoms with Crippen LogP contribution in [0, 0.1) is 22.7 Å². The predicted octanol–water partition coefficient (Wildman–Crippen LogP) is 2.53. The van der Waals surface area contributed by atoms with E-state index in [1.165, 1.54) is 11.1 Å². The Bertz CT molecular complexity index is 554. The van der Waals surface area contributed by atoms with E-state index in [2.05, 4.69) is 19.9 Å². The van der Waals surface area contributed by atoms with E-state index in [1.54, 1.807) is 0 Å². The molecule has 0 amide bonds. The second kappa shape index (κ2) is 4.68. The Hall–Kier alpha value is -0.640. The minimum Gasteiger partial charge on any atom is -0.389 e. The fourth-order valence-electron chi connectivity index (χ4n) is 6.04. The van der Waals surface area contributed by atoms with Crippen molar-refractivity contribution in [2.75, 3.05) is 0 Å². The van der Waals surface area contributed by atoms with E-state index in [9.17, 15) is 10.2 Å². The van der Waals surface area contributed by atoms with Gasteiger partial charge in [-0.15, -0.1) is 0 Å². The van der Waals surface area contributed by atoms with Crippen LogP contribution in [-0.4, -0.2) is 28.5 Å². The first-order valence-corrected chi connectivity index (χ1v) is 8.91.